The van der Waals surface area contributed by atoms with E-state index in [4.69, 9.17) is 18.9 Å². The first-order valence-corrected chi connectivity index (χ1v) is 13.6. The molecule has 1 fully saturated rings. The van der Waals surface area contributed by atoms with E-state index in [-0.39, 0.29) is 45.1 Å². The molecule has 0 aromatic heterocycles. The minimum atomic E-state index is -1.45. The smallest absolute Gasteiger partial charge is 0.333 e. The van der Waals surface area contributed by atoms with Crippen molar-refractivity contribution in [3.63, 3.8) is 0 Å². The molecule has 1 amide bonds. The zero-order chi connectivity index (χ0) is 31.7. The van der Waals surface area contributed by atoms with Crippen molar-refractivity contribution in [1.82, 2.24) is 9.80 Å². The van der Waals surface area contributed by atoms with Crippen molar-refractivity contribution in [3.8, 4) is 0 Å². The number of hydrogen-bond acceptors (Lipinski definition) is 11. The van der Waals surface area contributed by atoms with Crippen molar-refractivity contribution in [1.29, 1.82) is 0 Å². The summed E-state index contributed by atoms with van der Waals surface area (Å²) in [6, 6.07) is -3.63. The topological polar surface area (TPSA) is 146 Å². The second kappa shape index (κ2) is 10.7. The fourth-order valence-corrected chi connectivity index (χ4v) is 6.52. The van der Waals surface area contributed by atoms with E-state index in [1.54, 1.807) is 26.8 Å². The van der Waals surface area contributed by atoms with E-state index < -0.39 is 65.8 Å². The molecule has 2 aliphatic carbocycles. The maximum atomic E-state index is 14.3. The third-order valence-electron chi connectivity index (χ3n) is 8.78. The molecule has 12 nitrogen and oxygen atoms in total. The monoisotopic (exact) mass is 592 g/mol. The number of esters is 1. The molecular weight excluding hydrogens is 560 g/mol. The molecular formula is C31H32N2O10. The summed E-state index contributed by atoms with van der Waals surface area (Å²) in [5, 5.41) is 0. The van der Waals surface area contributed by atoms with Gasteiger partial charge in [0.2, 0.25) is 5.78 Å². The van der Waals surface area contributed by atoms with Gasteiger partial charge in [-0.1, -0.05) is 6.08 Å². The van der Waals surface area contributed by atoms with Crippen molar-refractivity contribution in [3.05, 3.63) is 68.4 Å². The third-order valence-corrected chi connectivity index (χ3v) is 8.78. The summed E-state index contributed by atoms with van der Waals surface area (Å²) in [5.74, 6) is -3.91. The van der Waals surface area contributed by atoms with Crippen LogP contribution >= 0.6 is 0 Å². The summed E-state index contributed by atoms with van der Waals surface area (Å²) < 4.78 is 22.2. The molecule has 0 spiro atoms. The quantitative estimate of drug-likeness (QED) is 0.143. The summed E-state index contributed by atoms with van der Waals surface area (Å²) in [4.78, 5) is 84.6. The summed E-state index contributed by atoms with van der Waals surface area (Å²) in [7, 11) is 5.57. The Morgan fingerprint density at radius 3 is 2.21 bits per heavy atom. The van der Waals surface area contributed by atoms with E-state index in [1.807, 2.05) is 0 Å². The molecule has 12 heteroatoms. The third kappa shape index (κ3) is 4.04. The van der Waals surface area contributed by atoms with Crippen LogP contribution in [-0.2, 0) is 47.7 Å². The first kappa shape index (κ1) is 30.1. The van der Waals surface area contributed by atoms with E-state index in [0.29, 0.717) is 11.1 Å². The van der Waals surface area contributed by atoms with Gasteiger partial charge in [0.15, 0.2) is 29.2 Å². The molecule has 5 rings (SSSR count). The molecule has 3 unspecified atom stereocenters. The van der Waals surface area contributed by atoms with Crippen LogP contribution in [0.5, 0.6) is 0 Å². The lowest BCUT2D eigenvalue weighted by molar-refractivity contribution is -0.152. The molecule has 4 atom stereocenters. The molecule has 0 saturated carbocycles. The number of fused-ring (bicyclic) bond motifs is 5. The van der Waals surface area contributed by atoms with Crippen LogP contribution in [0.15, 0.2) is 68.4 Å². The molecule has 2 bridgehead atoms. The van der Waals surface area contributed by atoms with Gasteiger partial charge in [-0.05, 0) is 40.8 Å². The van der Waals surface area contributed by atoms with Gasteiger partial charge in [0.1, 0.15) is 18.5 Å². The van der Waals surface area contributed by atoms with Gasteiger partial charge in [-0.2, -0.15) is 0 Å². The Morgan fingerprint density at radius 1 is 0.953 bits per heavy atom. The molecule has 0 aromatic rings. The maximum Gasteiger partial charge on any atom is 0.333 e. The first-order valence-electron chi connectivity index (χ1n) is 13.6. The van der Waals surface area contributed by atoms with Crippen LogP contribution in [0.3, 0.4) is 0 Å². The highest BCUT2D eigenvalue weighted by Crippen LogP contribution is 2.47. The van der Waals surface area contributed by atoms with Gasteiger partial charge < -0.3 is 23.8 Å². The lowest BCUT2D eigenvalue weighted by atomic mass is 9.71. The van der Waals surface area contributed by atoms with Crippen molar-refractivity contribution >= 4 is 35.0 Å². The highest BCUT2D eigenvalue weighted by atomic mass is 16.5. The second-order valence-corrected chi connectivity index (χ2v) is 10.8. The van der Waals surface area contributed by atoms with E-state index in [9.17, 15) is 28.8 Å². The number of ketones is 4. The molecule has 0 radical (unpaired) electrons. The lowest BCUT2D eigenvalue weighted by Gasteiger charge is -2.53. The molecule has 43 heavy (non-hydrogen) atoms. The fourth-order valence-electron chi connectivity index (χ4n) is 6.52. The van der Waals surface area contributed by atoms with Crippen LogP contribution in [0, 0.1) is 0 Å². The number of likely N-dealkylation sites (N-methyl/N-ethyl adjacent to an activating group) is 1. The number of ether oxygens (including phenoxy) is 4. The van der Waals surface area contributed by atoms with Crippen LogP contribution in [0.1, 0.15) is 27.7 Å². The van der Waals surface area contributed by atoms with Crippen LogP contribution < -0.4 is 0 Å². The molecule has 226 valence electrons. The number of amides is 1. The van der Waals surface area contributed by atoms with E-state index in [0.717, 1.165) is 0 Å². The minimum absolute atomic E-state index is 0.0310. The molecule has 0 N–H and O–H groups in total. The lowest BCUT2D eigenvalue weighted by Crippen LogP contribution is -2.69. The summed E-state index contributed by atoms with van der Waals surface area (Å²) >= 11 is 0. The average molecular weight is 593 g/mol. The number of methoxy groups -OCH3 is 3. The minimum Gasteiger partial charge on any atom is -0.498 e. The highest BCUT2D eigenvalue weighted by Gasteiger charge is 2.60. The normalized spacial score (nSPS) is 27.8. The van der Waals surface area contributed by atoms with Crippen LogP contribution in [0.25, 0.3) is 0 Å². The molecule has 0 aromatic carbocycles. The summed E-state index contributed by atoms with van der Waals surface area (Å²) in [6.45, 7) is 5.83. The van der Waals surface area contributed by atoms with E-state index in [2.05, 4.69) is 0 Å². The molecule has 3 heterocycles. The zero-order valence-corrected chi connectivity index (χ0v) is 25.1. The largest absolute Gasteiger partial charge is 0.498 e. The number of hydrogen-bond donors (Lipinski definition) is 0. The maximum absolute atomic E-state index is 14.3. The highest BCUT2D eigenvalue weighted by molar-refractivity contribution is 6.39. The zero-order valence-electron chi connectivity index (χ0n) is 25.1. The van der Waals surface area contributed by atoms with Crippen molar-refractivity contribution < 1.29 is 47.7 Å². The van der Waals surface area contributed by atoms with Crippen LogP contribution in [0.4, 0.5) is 0 Å². The van der Waals surface area contributed by atoms with E-state index >= 15 is 0 Å². The van der Waals surface area contributed by atoms with Gasteiger partial charge in [0.05, 0.1) is 31.9 Å². The fraction of sp³-hybridized carbons (Fsp3) is 0.419. The van der Waals surface area contributed by atoms with Gasteiger partial charge >= 0.3 is 5.97 Å². The summed E-state index contributed by atoms with van der Waals surface area (Å²) in [6.07, 6.45) is 2.13. The Morgan fingerprint density at radius 2 is 1.63 bits per heavy atom. The first-order chi connectivity index (χ1) is 20.4. The Hall–Kier alpha value is -4.42. The molecule has 5 aliphatic rings. The number of piperazine rings is 1. The second-order valence-electron chi connectivity index (χ2n) is 10.8. The van der Waals surface area contributed by atoms with Gasteiger partial charge in [0, 0.05) is 46.2 Å². The van der Waals surface area contributed by atoms with Gasteiger partial charge in [-0.15, -0.1) is 0 Å². The number of rotatable bonds is 6. The number of Topliss-reactive ketones (excluding diaryl/α,β-unsaturated/α-hetero) is 4. The number of nitrogens with zero attached hydrogens (tertiary/aromatic N) is 2. The predicted octanol–water partition coefficient (Wildman–Crippen LogP) is 1.04. The summed E-state index contributed by atoms with van der Waals surface area (Å²) in [5.41, 5.74) is 0.726. The van der Waals surface area contributed by atoms with Crippen molar-refractivity contribution in [2.75, 3.05) is 35.0 Å². The molecule has 1 saturated heterocycles. The molecule has 3 aliphatic heterocycles. The predicted molar refractivity (Wildman–Crippen MR) is 149 cm³/mol. The number of carbonyl (C=O) groups is 6. The van der Waals surface area contributed by atoms with Gasteiger partial charge in [0.25, 0.3) is 5.91 Å². The van der Waals surface area contributed by atoms with Crippen molar-refractivity contribution in [2.24, 2.45) is 0 Å². The number of carbonyl (C=O) groups excluding carboxylic acids is 6. The van der Waals surface area contributed by atoms with E-state index in [1.165, 1.54) is 51.2 Å². The van der Waals surface area contributed by atoms with Gasteiger partial charge in [-0.25, -0.2) is 4.79 Å². The average Bonchev–Trinajstić information content (AvgIpc) is 2.98. The Labute approximate surface area is 247 Å². The van der Waals surface area contributed by atoms with Gasteiger partial charge in [-0.3, -0.25) is 28.9 Å². The Kier molecular flexibility index (Phi) is 7.47. The number of allylic oxidation sites excluding steroid dienone is 6. The Bertz CT molecular complexity index is 1620. The Balaban J connectivity index is 1.77. The van der Waals surface area contributed by atoms with Crippen LogP contribution in [0.2, 0.25) is 0 Å². The standard InChI is InChI=1S/C31H32N2O10/c1-9-12(2)31(39)43-11-17-18-15(23(34)13(3)28(41-7)29(18)42-8)10-16-21-19-20(24(35)14(4)27(40-6)26(19)37)25(36)22(32(21)5)30(38)33(16)17/h9-10,17,21-22,29H,11H2,1-8H3/b12-9-/t17-,21?,22?,29?/m0/s1. The SMILES string of the molecule is C/C=C(/C)C(=O)OC[C@H]1C2=C(C=C3C4C5=C(C(=O)C(C)=C(OC)C5=O)C(=O)C(C(=O)N31)N4C)C(=O)C(C)=C(OC)C2OC. The van der Waals surface area contributed by atoms with Crippen LogP contribution in [-0.4, -0.2) is 104 Å². The van der Waals surface area contributed by atoms with Crippen molar-refractivity contribution in [2.45, 2.75) is 51.9 Å².